The van der Waals surface area contributed by atoms with E-state index in [1.807, 2.05) is 18.2 Å². The standard InChI is InChI=1S/C16H16O/c17-16-8-4-7-13-9-10-14(11-15(13)16)12-5-2-1-3-6-12/h1-3,5-6,9-11,16-17H,4,7-8H2. The first-order chi connectivity index (χ1) is 8.34. The molecule has 1 aliphatic carbocycles. The highest BCUT2D eigenvalue weighted by Gasteiger charge is 2.18. The van der Waals surface area contributed by atoms with Crippen LogP contribution in [-0.2, 0) is 6.42 Å². The number of hydrogen-bond donors (Lipinski definition) is 1. The van der Waals surface area contributed by atoms with Crippen LogP contribution in [-0.4, -0.2) is 5.11 Å². The Morgan fingerprint density at radius 1 is 0.941 bits per heavy atom. The van der Waals surface area contributed by atoms with Crippen molar-refractivity contribution < 1.29 is 5.11 Å². The van der Waals surface area contributed by atoms with Crippen molar-refractivity contribution in [1.29, 1.82) is 0 Å². The van der Waals surface area contributed by atoms with Crippen molar-refractivity contribution in [3.05, 3.63) is 59.7 Å². The van der Waals surface area contributed by atoms with Crippen LogP contribution in [0.3, 0.4) is 0 Å². The summed E-state index contributed by atoms with van der Waals surface area (Å²) in [6, 6.07) is 16.8. The minimum absolute atomic E-state index is 0.276. The Balaban J connectivity index is 2.06. The SMILES string of the molecule is OC1CCCc2ccc(-c3ccccc3)cc21. The number of aliphatic hydroxyl groups is 1. The highest BCUT2D eigenvalue weighted by Crippen LogP contribution is 2.32. The number of hydrogen-bond acceptors (Lipinski definition) is 1. The van der Waals surface area contributed by atoms with Gasteiger partial charge in [-0.25, -0.2) is 0 Å². The summed E-state index contributed by atoms with van der Waals surface area (Å²) in [4.78, 5) is 0. The van der Waals surface area contributed by atoms with Gasteiger partial charge < -0.3 is 5.11 Å². The Kier molecular flexibility index (Phi) is 2.69. The molecule has 3 rings (SSSR count). The van der Waals surface area contributed by atoms with Crippen molar-refractivity contribution >= 4 is 0 Å². The summed E-state index contributed by atoms with van der Waals surface area (Å²) in [6.45, 7) is 0. The summed E-state index contributed by atoms with van der Waals surface area (Å²) >= 11 is 0. The Morgan fingerprint density at radius 2 is 1.76 bits per heavy atom. The van der Waals surface area contributed by atoms with Gasteiger partial charge >= 0.3 is 0 Å². The number of aliphatic hydroxyl groups excluding tert-OH is 1. The molecule has 0 amide bonds. The first-order valence-electron chi connectivity index (χ1n) is 6.21. The van der Waals surface area contributed by atoms with Crippen molar-refractivity contribution in [2.24, 2.45) is 0 Å². The predicted molar refractivity (Wildman–Crippen MR) is 69.8 cm³/mol. The lowest BCUT2D eigenvalue weighted by molar-refractivity contribution is 0.156. The molecule has 0 heterocycles. The van der Waals surface area contributed by atoms with Crippen LogP contribution in [0.1, 0.15) is 30.1 Å². The molecule has 1 nitrogen and oxygen atoms in total. The lowest BCUT2D eigenvalue weighted by Crippen LogP contribution is -2.08. The minimum Gasteiger partial charge on any atom is -0.388 e. The molecule has 0 spiro atoms. The summed E-state index contributed by atoms with van der Waals surface area (Å²) in [7, 11) is 0. The maximum Gasteiger partial charge on any atom is 0.0793 e. The van der Waals surface area contributed by atoms with Gasteiger partial charge in [-0.1, -0.05) is 42.5 Å². The third kappa shape index (κ3) is 1.98. The zero-order valence-electron chi connectivity index (χ0n) is 9.76. The second-order valence-electron chi connectivity index (χ2n) is 4.69. The van der Waals surface area contributed by atoms with E-state index in [0.29, 0.717) is 0 Å². The number of fused-ring (bicyclic) bond motifs is 1. The minimum atomic E-state index is -0.276. The third-order valence-electron chi connectivity index (χ3n) is 3.54. The largest absolute Gasteiger partial charge is 0.388 e. The average Bonchev–Trinajstić information content (AvgIpc) is 2.40. The summed E-state index contributed by atoms with van der Waals surface area (Å²) in [5, 5.41) is 10.0. The lowest BCUT2D eigenvalue weighted by Gasteiger charge is -2.22. The second kappa shape index (κ2) is 4.34. The Labute approximate surface area is 102 Å². The lowest BCUT2D eigenvalue weighted by atomic mass is 9.87. The van der Waals surface area contributed by atoms with Crippen LogP contribution in [0, 0.1) is 0 Å². The molecule has 1 aliphatic rings. The van der Waals surface area contributed by atoms with E-state index in [2.05, 4.69) is 30.3 Å². The maximum absolute atomic E-state index is 10.0. The van der Waals surface area contributed by atoms with E-state index in [1.165, 1.54) is 16.7 Å². The molecule has 0 aliphatic heterocycles. The third-order valence-corrected chi connectivity index (χ3v) is 3.54. The van der Waals surface area contributed by atoms with Crippen LogP contribution in [0.5, 0.6) is 0 Å². The molecule has 86 valence electrons. The Morgan fingerprint density at radius 3 is 2.59 bits per heavy atom. The molecule has 0 saturated carbocycles. The molecule has 1 atom stereocenters. The van der Waals surface area contributed by atoms with Gasteiger partial charge in [0.15, 0.2) is 0 Å². The van der Waals surface area contributed by atoms with E-state index in [1.54, 1.807) is 0 Å². The molecule has 1 heteroatoms. The average molecular weight is 224 g/mol. The smallest absolute Gasteiger partial charge is 0.0793 e. The predicted octanol–water partition coefficient (Wildman–Crippen LogP) is 3.72. The zero-order valence-corrected chi connectivity index (χ0v) is 9.76. The van der Waals surface area contributed by atoms with Crippen molar-refractivity contribution in [1.82, 2.24) is 0 Å². The Bertz CT molecular complexity index is 516. The number of rotatable bonds is 1. The fourth-order valence-corrected chi connectivity index (χ4v) is 2.58. The van der Waals surface area contributed by atoms with E-state index in [9.17, 15) is 5.11 Å². The van der Waals surface area contributed by atoms with Gasteiger partial charge in [0.25, 0.3) is 0 Å². The number of aryl methyl sites for hydroxylation is 1. The number of benzene rings is 2. The van der Waals surface area contributed by atoms with Gasteiger partial charge in [0, 0.05) is 0 Å². The maximum atomic E-state index is 10.0. The van der Waals surface area contributed by atoms with E-state index < -0.39 is 0 Å². The molecule has 0 aromatic heterocycles. The van der Waals surface area contributed by atoms with Gasteiger partial charge in [0.1, 0.15) is 0 Å². The van der Waals surface area contributed by atoms with Crippen LogP contribution < -0.4 is 0 Å². The van der Waals surface area contributed by atoms with Gasteiger partial charge in [-0.15, -0.1) is 0 Å². The summed E-state index contributed by atoms with van der Waals surface area (Å²) in [5.74, 6) is 0. The van der Waals surface area contributed by atoms with Gasteiger partial charge in [-0.3, -0.25) is 0 Å². The van der Waals surface area contributed by atoms with Crippen molar-refractivity contribution in [2.45, 2.75) is 25.4 Å². The Hall–Kier alpha value is -1.60. The van der Waals surface area contributed by atoms with Crippen molar-refractivity contribution in [2.75, 3.05) is 0 Å². The van der Waals surface area contributed by atoms with Crippen LogP contribution in [0.2, 0.25) is 0 Å². The van der Waals surface area contributed by atoms with Crippen molar-refractivity contribution in [3.8, 4) is 11.1 Å². The fourth-order valence-electron chi connectivity index (χ4n) is 2.58. The monoisotopic (exact) mass is 224 g/mol. The first kappa shape index (κ1) is 10.5. The highest BCUT2D eigenvalue weighted by atomic mass is 16.3. The topological polar surface area (TPSA) is 20.2 Å². The van der Waals surface area contributed by atoms with E-state index in [0.717, 1.165) is 24.8 Å². The van der Waals surface area contributed by atoms with Crippen LogP contribution in [0.25, 0.3) is 11.1 Å². The van der Waals surface area contributed by atoms with E-state index in [4.69, 9.17) is 0 Å². The van der Waals surface area contributed by atoms with Gasteiger partial charge in [0.2, 0.25) is 0 Å². The van der Waals surface area contributed by atoms with E-state index in [-0.39, 0.29) is 6.10 Å². The van der Waals surface area contributed by atoms with Gasteiger partial charge in [-0.05, 0) is 47.6 Å². The highest BCUT2D eigenvalue weighted by molar-refractivity contribution is 5.65. The molecule has 0 bridgehead atoms. The molecule has 1 unspecified atom stereocenters. The van der Waals surface area contributed by atoms with Gasteiger partial charge in [0.05, 0.1) is 6.10 Å². The molecule has 2 aromatic rings. The molecular weight excluding hydrogens is 208 g/mol. The zero-order chi connectivity index (χ0) is 11.7. The van der Waals surface area contributed by atoms with E-state index >= 15 is 0 Å². The van der Waals surface area contributed by atoms with Crippen molar-refractivity contribution in [3.63, 3.8) is 0 Å². The molecule has 2 aromatic carbocycles. The fraction of sp³-hybridized carbons (Fsp3) is 0.250. The van der Waals surface area contributed by atoms with Gasteiger partial charge in [-0.2, -0.15) is 0 Å². The van der Waals surface area contributed by atoms with Crippen LogP contribution >= 0.6 is 0 Å². The van der Waals surface area contributed by atoms with Crippen LogP contribution in [0.15, 0.2) is 48.5 Å². The molecule has 0 radical (unpaired) electrons. The normalized spacial score (nSPS) is 18.8. The second-order valence-corrected chi connectivity index (χ2v) is 4.69. The molecule has 0 fully saturated rings. The summed E-state index contributed by atoms with van der Waals surface area (Å²) < 4.78 is 0. The summed E-state index contributed by atoms with van der Waals surface area (Å²) in [6.07, 6.45) is 2.81. The van der Waals surface area contributed by atoms with Crippen LogP contribution in [0.4, 0.5) is 0 Å². The molecule has 0 saturated heterocycles. The molecular formula is C16H16O. The first-order valence-corrected chi connectivity index (χ1v) is 6.21. The summed E-state index contributed by atoms with van der Waals surface area (Å²) in [5.41, 5.74) is 4.85. The quantitative estimate of drug-likeness (QED) is 0.782. The molecule has 1 N–H and O–H groups in total. The molecule has 17 heavy (non-hydrogen) atoms.